The van der Waals surface area contributed by atoms with Gasteiger partial charge in [-0.15, -0.1) is 11.3 Å². The molecule has 0 radical (unpaired) electrons. The molecule has 2 heterocycles. The summed E-state index contributed by atoms with van der Waals surface area (Å²) in [5, 5.41) is 21.9. The van der Waals surface area contributed by atoms with Gasteiger partial charge in [0.2, 0.25) is 5.78 Å². The van der Waals surface area contributed by atoms with Crippen molar-refractivity contribution < 1.29 is 29.3 Å². The number of phenolic OH excluding ortho intramolecular Hbond substituents is 1. The number of hydrogen-bond donors (Lipinski definition) is 2. The van der Waals surface area contributed by atoms with Crippen molar-refractivity contribution in [3.05, 3.63) is 117 Å². The molecule has 5 rings (SSSR count). The molecule has 1 aromatic heterocycles. The molecule has 4 aromatic rings. The summed E-state index contributed by atoms with van der Waals surface area (Å²) >= 11 is 1.19. The van der Waals surface area contributed by atoms with E-state index in [-0.39, 0.29) is 17.9 Å². The van der Waals surface area contributed by atoms with Gasteiger partial charge in [-0.3, -0.25) is 9.59 Å². The number of carbonyl (C=O) groups is 3. The van der Waals surface area contributed by atoms with Crippen LogP contribution in [-0.4, -0.2) is 44.9 Å². The quantitative estimate of drug-likeness (QED) is 0.238. The summed E-state index contributed by atoms with van der Waals surface area (Å²) in [5.41, 5.74) is 2.75. The third-order valence-electron chi connectivity index (χ3n) is 6.49. The summed E-state index contributed by atoms with van der Waals surface area (Å²) in [7, 11) is 1.29. The number of nitrogens with zero attached hydrogens (tertiary/aromatic N) is 2. The number of aryl methyl sites for hydroxylation is 1. The van der Waals surface area contributed by atoms with Crippen molar-refractivity contribution >= 4 is 29.0 Å². The van der Waals surface area contributed by atoms with Crippen LogP contribution < -0.4 is 0 Å². The van der Waals surface area contributed by atoms with Crippen molar-refractivity contribution in [1.82, 2.24) is 9.88 Å². The zero-order valence-electron chi connectivity index (χ0n) is 21.1. The molecule has 1 aliphatic heterocycles. The van der Waals surface area contributed by atoms with Gasteiger partial charge in [-0.2, -0.15) is 0 Å². The number of ether oxygens (including phenoxy) is 1. The van der Waals surface area contributed by atoms with Crippen LogP contribution in [0.4, 0.5) is 0 Å². The highest BCUT2D eigenvalue weighted by molar-refractivity contribution is 7.17. The summed E-state index contributed by atoms with van der Waals surface area (Å²) in [6.07, 6.45) is 0. The van der Waals surface area contributed by atoms with Crippen LogP contribution in [-0.2, 0) is 16.1 Å². The first-order valence-corrected chi connectivity index (χ1v) is 12.9. The monoisotopic (exact) mass is 540 g/mol. The maximum absolute atomic E-state index is 13.9. The van der Waals surface area contributed by atoms with Gasteiger partial charge in [0.05, 0.1) is 34.9 Å². The number of aliphatic hydroxyl groups is 1. The predicted molar refractivity (Wildman–Crippen MR) is 145 cm³/mol. The van der Waals surface area contributed by atoms with Crippen molar-refractivity contribution in [2.45, 2.75) is 19.5 Å². The molecular weight excluding hydrogens is 516 g/mol. The smallest absolute Gasteiger partial charge is 0.337 e. The number of carbonyl (C=O) groups excluding carboxylic acids is 3. The molecule has 0 saturated carbocycles. The average Bonchev–Trinajstić information content (AvgIpc) is 3.46. The van der Waals surface area contributed by atoms with Crippen LogP contribution in [0.3, 0.4) is 0 Å². The van der Waals surface area contributed by atoms with Gasteiger partial charge >= 0.3 is 5.97 Å². The first kappa shape index (κ1) is 25.9. The molecule has 9 heteroatoms. The van der Waals surface area contributed by atoms with E-state index in [4.69, 9.17) is 4.74 Å². The van der Waals surface area contributed by atoms with Crippen LogP contribution in [0.2, 0.25) is 0 Å². The molecule has 1 atom stereocenters. The maximum atomic E-state index is 13.9. The second kappa shape index (κ2) is 10.5. The molecule has 196 valence electrons. The number of benzene rings is 3. The SMILES string of the molecule is COC(=O)c1ccc(CN2C(=O)C(O)=C(C(=O)c3sc(-c4ccccc4)nc3C)C2c2cccc(O)c2)cc1. The van der Waals surface area contributed by atoms with E-state index in [1.54, 1.807) is 43.3 Å². The van der Waals surface area contributed by atoms with E-state index in [9.17, 15) is 24.6 Å². The van der Waals surface area contributed by atoms with Gasteiger partial charge in [-0.1, -0.05) is 54.6 Å². The molecule has 0 bridgehead atoms. The van der Waals surface area contributed by atoms with Crippen LogP contribution in [0.15, 0.2) is 90.2 Å². The van der Waals surface area contributed by atoms with Gasteiger partial charge in [-0.05, 0) is 42.3 Å². The molecule has 8 nitrogen and oxygen atoms in total. The number of ketones is 1. The minimum atomic E-state index is -0.959. The Kier molecular flexibility index (Phi) is 7.00. The third-order valence-corrected chi connectivity index (χ3v) is 7.69. The van der Waals surface area contributed by atoms with Gasteiger partial charge in [0.25, 0.3) is 5.91 Å². The van der Waals surface area contributed by atoms with Gasteiger partial charge in [0.15, 0.2) is 5.76 Å². The predicted octanol–water partition coefficient (Wildman–Crippen LogP) is 5.39. The Labute approximate surface area is 228 Å². The lowest BCUT2D eigenvalue weighted by molar-refractivity contribution is -0.130. The van der Waals surface area contributed by atoms with Crippen molar-refractivity contribution in [3.63, 3.8) is 0 Å². The average molecular weight is 541 g/mol. The normalized spacial score (nSPS) is 15.1. The number of esters is 1. The number of methoxy groups -OCH3 is 1. The number of amides is 1. The number of phenols is 1. The zero-order valence-corrected chi connectivity index (χ0v) is 21.9. The van der Waals surface area contributed by atoms with Gasteiger partial charge in [-0.25, -0.2) is 9.78 Å². The van der Waals surface area contributed by atoms with E-state index < -0.39 is 29.5 Å². The number of aromatic hydroxyl groups is 1. The lowest BCUT2D eigenvalue weighted by Crippen LogP contribution is -2.30. The molecule has 1 amide bonds. The molecular formula is C30H24N2O6S. The second-order valence-corrected chi connectivity index (χ2v) is 10.0. The first-order chi connectivity index (χ1) is 18.8. The van der Waals surface area contributed by atoms with Crippen LogP contribution >= 0.6 is 11.3 Å². The summed E-state index contributed by atoms with van der Waals surface area (Å²) in [4.78, 5) is 45.4. The van der Waals surface area contributed by atoms with E-state index in [0.717, 1.165) is 5.56 Å². The summed E-state index contributed by atoms with van der Waals surface area (Å²) in [6, 6.07) is 21.2. The van der Waals surface area contributed by atoms with Crippen molar-refractivity contribution in [2.75, 3.05) is 7.11 Å². The molecule has 0 spiro atoms. The Balaban J connectivity index is 1.54. The molecule has 2 N–H and O–H groups in total. The second-order valence-electron chi connectivity index (χ2n) is 9.01. The van der Waals surface area contributed by atoms with Gasteiger partial charge < -0.3 is 19.8 Å². The Morgan fingerprint density at radius 1 is 1.00 bits per heavy atom. The number of aliphatic hydroxyl groups excluding tert-OH is 1. The zero-order chi connectivity index (χ0) is 27.7. The highest BCUT2D eigenvalue weighted by Gasteiger charge is 2.44. The highest BCUT2D eigenvalue weighted by Crippen LogP contribution is 2.42. The number of aromatic nitrogens is 1. The summed E-state index contributed by atoms with van der Waals surface area (Å²) in [5.74, 6) is -2.39. The molecule has 0 saturated heterocycles. The molecule has 1 unspecified atom stereocenters. The fraction of sp³-hybridized carbons (Fsp3) is 0.133. The van der Waals surface area contributed by atoms with E-state index in [0.29, 0.717) is 32.3 Å². The Morgan fingerprint density at radius 3 is 2.38 bits per heavy atom. The number of Topliss-reactive ketones (excluding diaryl/α,β-unsaturated/α-hetero) is 1. The maximum Gasteiger partial charge on any atom is 0.337 e. The van der Waals surface area contributed by atoms with Crippen LogP contribution in [0, 0.1) is 6.92 Å². The van der Waals surface area contributed by atoms with E-state index in [2.05, 4.69) is 4.98 Å². The Morgan fingerprint density at radius 2 is 1.72 bits per heavy atom. The lowest BCUT2D eigenvalue weighted by atomic mass is 9.94. The standard InChI is InChI=1S/C30H24N2O6S/c1-17-27(39-28(31-17)19-7-4-3-5-8-19)25(34)23-24(21-9-6-10-22(33)15-21)32(29(36)26(23)35)16-18-11-13-20(14-12-18)30(37)38-2/h3-15,24,33,35H,16H2,1-2H3. The number of thiazole rings is 1. The first-order valence-electron chi connectivity index (χ1n) is 12.1. The largest absolute Gasteiger partial charge is 0.508 e. The van der Waals surface area contributed by atoms with E-state index in [1.807, 2.05) is 30.3 Å². The van der Waals surface area contributed by atoms with E-state index >= 15 is 0 Å². The summed E-state index contributed by atoms with van der Waals surface area (Å²) in [6.45, 7) is 1.76. The lowest BCUT2D eigenvalue weighted by Gasteiger charge is -2.27. The minimum Gasteiger partial charge on any atom is -0.508 e. The van der Waals surface area contributed by atoms with Crippen molar-refractivity contribution in [2.24, 2.45) is 0 Å². The third kappa shape index (κ3) is 4.92. The molecule has 0 aliphatic carbocycles. The van der Waals surface area contributed by atoms with Crippen molar-refractivity contribution in [1.29, 1.82) is 0 Å². The fourth-order valence-electron chi connectivity index (χ4n) is 4.58. The van der Waals surface area contributed by atoms with Crippen LogP contribution in [0.25, 0.3) is 10.6 Å². The molecule has 3 aromatic carbocycles. The van der Waals surface area contributed by atoms with E-state index in [1.165, 1.54) is 35.5 Å². The van der Waals surface area contributed by atoms with Crippen LogP contribution in [0.5, 0.6) is 5.75 Å². The van der Waals surface area contributed by atoms with Gasteiger partial charge in [0.1, 0.15) is 10.8 Å². The number of rotatable bonds is 7. The minimum absolute atomic E-state index is 0.0401. The number of hydrogen-bond acceptors (Lipinski definition) is 8. The fourth-order valence-corrected chi connectivity index (χ4v) is 5.61. The molecule has 0 fully saturated rings. The Bertz CT molecular complexity index is 1610. The van der Waals surface area contributed by atoms with Crippen LogP contribution in [0.1, 0.15) is 42.9 Å². The molecule has 1 aliphatic rings. The Hall–Kier alpha value is -4.76. The summed E-state index contributed by atoms with van der Waals surface area (Å²) < 4.78 is 4.74. The van der Waals surface area contributed by atoms with Gasteiger partial charge in [0, 0.05) is 12.1 Å². The topological polar surface area (TPSA) is 117 Å². The molecule has 39 heavy (non-hydrogen) atoms. The highest BCUT2D eigenvalue weighted by atomic mass is 32.1. The van der Waals surface area contributed by atoms with Crippen molar-refractivity contribution in [3.8, 4) is 16.3 Å².